The molecule has 2 nitrogen and oxygen atoms in total. The van der Waals surface area contributed by atoms with Crippen LogP contribution < -0.4 is 4.90 Å². The Morgan fingerprint density at radius 1 is 1.64 bits per heavy atom. The Hall–Kier alpha value is -1.46. The Morgan fingerprint density at radius 3 is 2.86 bits per heavy atom. The lowest BCUT2D eigenvalue weighted by atomic mass is 10.2. The second-order valence-electron chi connectivity index (χ2n) is 2.88. The van der Waals surface area contributed by atoms with Gasteiger partial charge in [-0.3, -0.25) is 4.79 Å². The summed E-state index contributed by atoms with van der Waals surface area (Å²) in [4.78, 5) is 12.4. The molecule has 0 saturated carbocycles. The number of aldehydes is 1. The molecule has 0 radical (unpaired) electrons. The minimum absolute atomic E-state index is 0.446. The summed E-state index contributed by atoms with van der Waals surface area (Å²) in [5, 5.41) is 0.446. The maximum atomic E-state index is 10.5. The Morgan fingerprint density at radius 2 is 2.36 bits per heavy atom. The summed E-state index contributed by atoms with van der Waals surface area (Å²) in [5.41, 5.74) is 1.39. The molecule has 0 aliphatic heterocycles. The highest BCUT2D eigenvalue weighted by molar-refractivity contribution is 6.33. The number of benzene rings is 1. The molecule has 0 heterocycles. The highest BCUT2D eigenvalue weighted by Gasteiger charge is 2.03. The van der Waals surface area contributed by atoms with E-state index in [9.17, 15) is 4.79 Å². The van der Waals surface area contributed by atoms with E-state index >= 15 is 0 Å². The fraction of sp³-hybridized carbons (Fsp3) is 0.182. The van der Waals surface area contributed by atoms with Gasteiger partial charge >= 0.3 is 0 Å². The number of carbonyl (C=O) groups is 1. The summed E-state index contributed by atoms with van der Waals surface area (Å²) in [7, 11) is 1.87. The number of rotatable bonds is 3. The lowest BCUT2D eigenvalue weighted by Crippen LogP contribution is -2.16. The Bertz CT molecular complexity index is 381. The zero-order valence-corrected chi connectivity index (χ0v) is 8.58. The topological polar surface area (TPSA) is 20.3 Å². The lowest BCUT2D eigenvalue weighted by Gasteiger charge is -2.16. The van der Waals surface area contributed by atoms with Gasteiger partial charge < -0.3 is 4.90 Å². The molecule has 0 aromatic heterocycles. The van der Waals surface area contributed by atoms with Crippen molar-refractivity contribution in [1.29, 1.82) is 0 Å². The molecule has 3 heteroatoms. The largest absolute Gasteiger partial charge is 0.363 e. The van der Waals surface area contributed by atoms with Gasteiger partial charge in [0.15, 0.2) is 6.29 Å². The summed E-state index contributed by atoms with van der Waals surface area (Å²) in [6.45, 7) is 0.511. The van der Waals surface area contributed by atoms with Crippen molar-refractivity contribution in [3.63, 3.8) is 0 Å². The van der Waals surface area contributed by atoms with Crippen LogP contribution in [0.2, 0.25) is 5.02 Å². The number of anilines is 1. The second-order valence-corrected chi connectivity index (χ2v) is 3.29. The first-order valence-corrected chi connectivity index (χ1v) is 4.46. The molecule has 0 atom stereocenters. The van der Waals surface area contributed by atoms with Crippen molar-refractivity contribution in [3.05, 3.63) is 28.8 Å². The highest BCUT2D eigenvalue weighted by atomic mass is 35.5. The molecule has 72 valence electrons. The van der Waals surface area contributed by atoms with Crippen LogP contribution in [0, 0.1) is 12.3 Å². The fourth-order valence-corrected chi connectivity index (χ4v) is 1.30. The standard InChI is InChI=1S/C11H10ClNO/c1-3-6-13(2)10-5-4-9(8-14)11(12)7-10/h1,4-5,7-8H,6H2,2H3. The van der Waals surface area contributed by atoms with E-state index in [1.807, 2.05) is 18.0 Å². The molecule has 0 N–H and O–H groups in total. The first-order valence-electron chi connectivity index (χ1n) is 4.08. The summed E-state index contributed by atoms with van der Waals surface area (Å²) >= 11 is 5.86. The van der Waals surface area contributed by atoms with Gasteiger partial charge in [0, 0.05) is 18.3 Å². The fourth-order valence-electron chi connectivity index (χ4n) is 1.08. The van der Waals surface area contributed by atoms with Crippen LogP contribution in [-0.4, -0.2) is 19.9 Å². The van der Waals surface area contributed by atoms with Gasteiger partial charge in [0.2, 0.25) is 0 Å². The maximum Gasteiger partial charge on any atom is 0.151 e. The Labute approximate surface area is 88.5 Å². The number of hydrogen-bond donors (Lipinski definition) is 0. The van der Waals surface area contributed by atoms with E-state index in [0.29, 0.717) is 17.1 Å². The first kappa shape index (κ1) is 10.6. The first-order chi connectivity index (χ1) is 6.69. The van der Waals surface area contributed by atoms with Crippen LogP contribution in [0.25, 0.3) is 0 Å². The lowest BCUT2D eigenvalue weighted by molar-refractivity contribution is 0.112. The van der Waals surface area contributed by atoms with Crippen LogP contribution in [0.3, 0.4) is 0 Å². The van der Waals surface area contributed by atoms with Crippen LogP contribution >= 0.6 is 11.6 Å². The van der Waals surface area contributed by atoms with Crippen LogP contribution in [0.15, 0.2) is 18.2 Å². The zero-order valence-electron chi connectivity index (χ0n) is 7.83. The minimum atomic E-state index is 0.446. The third-order valence-corrected chi connectivity index (χ3v) is 2.21. The van der Waals surface area contributed by atoms with Crippen molar-refractivity contribution < 1.29 is 4.79 Å². The van der Waals surface area contributed by atoms with Crippen LogP contribution in [0.1, 0.15) is 10.4 Å². The molecule has 0 saturated heterocycles. The normalized spacial score (nSPS) is 9.21. The Kier molecular flexibility index (Phi) is 3.55. The summed E-state index contributed by atoms with van der Waals surface area (Å²) in [6.07, 6.45) is 5.91. The van der Waals surface area contributed by atoms with Crippen LogP contribution in [-0.2, 0) is 0 Å². The van der Waals surface area contributed by atoms with Crippen molar-refractivity contribution in [1.82, 2.24) is 0 Å². The van der Waals surface area contributed by atoms with E-state index in [0.717, 1.165) is 12.0 Å². The zero-order chi connectivity index (χ0) is 10.6. The molecule has 1 rings (SSSR count). The third-order valence-electron chi connectivity index (χ3n) is 1.88. The Balaban J connectivity index is 2.97. The number of terminal acetylenes is 1. The van der Waals surface area contributed by atoms with E-state index in [4.69, 9.17) is 18.0 Å². The van der Waals surface area contributed by atoms with E-state index in [2.05, 4.69) is 5.92 Å². The average Bonchev–Trinajstić information content (AvgIpc) is 2.18. The molecule has 1 aromatic carbocycles. The molecule has 0 aliphatic rings. The van der Waals surface area contributed by atoms with E-state index in [1.54, 1.807) is 12.1 Å². The van der Waals surface area contributed by atoms with E-state index in [1.165, 1.54) is 0 Å². The van der Waals surface area contributed by atoms with E-state index < -0.39 is 0 Å². The van der Waals surface area contributed by atoms with Crippen LogP contribution in [0.5, 0.6) is 0 Å². The van der Waals surface area contributed by atoms with Crippen molar-refractivity contribution in [2.24, 2.45) is 0 Å². The van der Waals surface area contributed by atoms with Gasteiger partial charge in [0.25, 0.3) is 0 Å². The summed E-state index contributed by atoms with van der Waals surface area (Å²) in [6, 6.07) is 5.22. The number of nitrogens with zero attached hydrogens (tertiary/aromatic N) is 1. The van der Waals surface area contributed by atoms with Gasteiger partial charge in [0.05, 0.1) is 11.6 Å². The number of hydrogen-bond acceptors (Lipinski definition) is 2. The molecule has 0 spiro atoms. The molecule has 14 heavy (non-hydrogen) atoms. The molecule has 0 unspecified atom stereocenters. The summed E-state index contributed by atoms with van der Waals surface area (Å²) < 4.78 is 0. The number of carbonyl (C=O) groups excluding carboxylic acids is 1. The molecule has 1 aromatic rings. The quantitative estimate of drug-likeness (QED) is 0.560. The van der Waals surface area contributed by atoms with Crippen molar-refractivity contribution in [2.45, 2.75) is 0 Å². The van der Waals surface area contributed by atoms with E-state index in [-0.39, 0.29) is 0 Å². The molecule has 0 amide bonds. The van der Waals surface area contributed by atoms with Gasteiger partial charge in [-0.2, -0.15) is 0 Å². The minimum Gasteiger partial charge on any atom is -0.363 e. The predicted octanol–water partition coefficient (Wildman–Crippen LogP) is 2.22. The van der Waals surface area contributed by atoms with Gasteiger partial charge in [0.1, 0.15) is 0 Å². The highest BCUT2D eigenvalue weighted by Crippen LogP contribution is 2.21. The monoisotopic (exact) mass is 207 g/mol. The van der Waals surface area contributed by atoms with Crippen molar-refractivity contribution >= 4 is 23.6 Å². The van der Waals surface area contributed by atoms with Crippen LogP contribution in [0.4, 0.5) is 5.69 Å². The average molecular weight is 208 g/mol. The van der Waals surface area contributed by atoms with Gasteiger partial charge in [-0.25, -0.2) is 0 Å². The molecule has 0 aliphatic carbocycles. The second kappa shape index (κ2) is 4.69. The predicted molar refractivity (Wildman–Crippen MR) is 58.9 cm³/mol. The summed E-state index contributed by atoms with van der Waals surface area (Å²) in [5.74, 6) is 2.53. The maximum absolute atomic E-state index is 10.5. The molecular formula is C11H10ClNO. The van der Waals surface area contributed by atoms with Gasteiger partial charge in [-0.05, 0) is 18.2 Å². The smallest absolute Gasteiger partial charge is 0.151 e. The molecular weight excluding hydrogens is 198 g/mol. The SMILES string of the molecule is C#CCN(C)c1ccc(C=O)c(Cl)c1. The van der Waals surface area contributed by atoms with Gasteiger partial charge in [-0.1, -0.05) is 17.5 Å². The molecule has 0 fully saturated rings. The molecule has 0 bridgehead atoms. The third kappa shape index (κ3) is 2.27. The van der Waals surface area contributed by atoms with Crippen molar-refractivity contribution in [3.8, 4) is 12.3 Å². The van der Waals surface area contributed by atoms with Gasteiger partial charge in [-0.15, -0.1) is 6.42 Å². The van der Waals surface area contributed by atoms with Crippen molar-refractivity contribution in [2.75, 3.05) is 18.5 Å². The number of halogens is 1.